The summed E-state index contributed by atoms with van der Waals surface area (Å²) in [5.74, 6) is 0.298. The van der Waals surface area contributed by atoms with Crippen LogP contribution in [-0.4, -0.2) is 39.3 Å². The molecule has 0 radical (unpaired) electrons. The molecule has 0 saturated heterocycles. The molecule has 0 aromatic heterocycles. The third-order valence-electron chi connectivity index (χ3n) is 2.88. The second-order valence-electron chi connectivity index (χ2n) is 6.22. The fourth-order valence-corrected chi connectivity index (χ4v) is 2.16. The topological polar surface area (TPSA) is 75.7 Å². The maximum absolute atomic E-state index is 11.9. The van der Waals surface area contributed by atoms with Gasteiger partial charge < -0.3 is 10.1 Å². The highest BCUT2D eigenvalue weighted by atomic mass is 32.2. The van der Waals surface area contributed by atoms with Crippen LogP contribution in [0.2, 0.25) is 0 Å². The van der Waals surface area contributed by atoms with Crippen LogP contribution in [0.3, 0.4) is 0 Å². The van der Waals surface area contributed by atoms with Gasteiger partial charge in [-0.2, -0.15) is 0 Å². The summed E-state index contributed by atoms with van der Waals surface area (Å²) in [6, 6.07) is 6.53. The predicted molar refractivity (Wildman–Crippen MR) is 87.7 cm³/mol. The van der Waals surface area contributed by atoms with Crippen LogP contribution >= 0.6 is 0 Å². The molecule has 1 N–H and O–H groups in total. The van der Waals surface area contributed by atoms with Gasteiger partial charge in [0.1, 0.15) is 5.75 Å². The number of ether oxygens (including phenoxy) is 1. The smallest absolute Gasteiger partial charge is 0.261 e. The van der Waals surface area contributed by atoms with E-state index in [1.54, 1.807) is 31.2 Å². The van der Waals surface area contributed by atoms with Crippen molar-refractivity contribution in [1.82, 2.24) is 5.32 Å². The van der Waals surface area contributed by atoms with Crippen LogP contribution in [0.25, 0.3) is 0 Å². The van der Waals surface area contributed by atoms with E-state index in [9.17, 15) is 13.2 Å². The number of carbonyl (C=O) groups is 1. The Morgan fingerprint density at radius 3 is 2.14 bits per heavy atom. The molecule has 1 aromatic carbocycles. The van der Waals surface area contributed by atoms with E-state index in [1.807, 2.05) is 20.8 Å². The van der Waals surface area contributed by atoms with Crippen LogP contribution in [0.5, 0.6) is 5.75 Å². The van der Waals surface area contributed by atoms with Crippen molar-refractivity contribution in [2.45, 2.75) is 39.3 Å². The second kappa shape index (κ2) is 6.56. The molecule has 6 nitrogen and oxygen atoms in total. The number of anilines is 1. The highest BCUT2D eigenvalue weighted by Gasteiger charge is 2.20. The van der Waals surface area contributed by atoms with Gasteiger partial charge in [0.2, 0.25) is 10.0 Å². The van der Waals surface area contributed by atoms with E-state index in [1.165, 1.54) is 11.4 Å². The van der Waals surface area contributed by atoms with E-state index < -0.39 is 16.1 Å². The number of sulfonamides is 1. The molecule has 1 atom stereocenters. The zero-order valence-electron chi connectivity index (χ0n) is 13.9. The minimum absolute atomic E-state index is 0.204. The highest BCUT2D eigenvalue weighted by Crippen LogP contribution is 2.21. The monoisotopic (exact) mass is 328 g/mol. The van der Waals surface area contributed by atoms with Gasteiger partial charge in [0, 0.05) is 12.6 Å². The average Bonchev–Trinajstić information content (AvgIpc) is 2.35. The molecule has 0 heterocycles. The maximum atomic E-state index is 11.9. The van der Waals surface area contributed by atoms with Crippen LogP contribution in [0.4, 0.5) is 5.69 Å². The SMILES string of the molecule is C[C@H](Oc1ccc(N(C)S(C)(=O)=O)cc1)C(=O)NC(C)(C)C. The van der Waals surface area contributed by atoms with Crippen molar-refractivity contribution in [3.63, 3.8) is 0 Å². The molecular formula is C15H24N2O4S. The molecule has 0 unspecified atom stereocenters. The summed E-state index contributed by atoms with van der Waals surface area (Å²) >= 11 is 0. The number of nitrogens with one attached hydrogen (secondary N) is 1. The Kier molecular flexibility index (Phi) is 5.45. The molecule has 0 aliphatic heterocycles. The number of hydrogen-bond acceptors (Lipinski definition) is 4. The molecule has 124 valence electrons. The molecule has 0 fully saturated rings. The van der Waals surface area contributed by atoms with Crippen molar-refractivity contribution in [2.75, 3.05) is 17.6 Å². The molecule has 0 bridgehead atoms. The van der Waals surface area contributed by atoms with E-state index in [0.717, 1.165) is 6.26 Å². The Morgan fingerprint density at radius 2 is 1.73 bits per heavy atom. The van der Waals surface area contributed by atoms with E-state index in [2.05, 4.69) is 5.32 Å². The summed E-state index contributed by atoms with van der Waals surface area (Å²) in [7, 11) is -1.82. The second-order valence-corrected chi connectivity index (χ2v) is 8.24. The van der Waals surface area contributed by atoms with Crippen LogP contribution < -0.4 is 14.4 Å². The van der Waals surface area contributed by atoms with Gasteiger partial charge in [0.15, 0.2) is 6.10 Å². The van der Waals surface area contributed by atoms with Crippen molar-refractivity contribution in [3.05, 3.63) is 24.3 Å². The lowest BCUT2D eigenvalue weighted by Gasteiger charge is -2.24. The van der Waals surface area contributed by atoms with Gasteiger partial charge in [-0.3, -0.25) is 9.10 Å². The van der Waals surface area contributed by atoms with E-state index in [4.69, 9.17) is 4.74 Å². The number of benzene rings is 1. The fraction of sp³-hybridized carbons (Fsp3) is 0.533. The van der Waals surface area contributed by atoms with Crippen LogP contribution in [0, 0.1) is 0 Å². The molecule has 1 aromatic rings. The molecule has 1 rings (SSSR count). The Labute approximate surface area is 132 Å². The minimum atomic E-state index is -3.30. The van der Waals surface area contributed by atoms with Crippen molar-refractivity contribution >= 4 is 21.6 Å². The highest BCUT2D eigenvalue weighted by molar-refractivity contribution is 7.92. The van der Waals surface area contributed by atoms with Gasteiger partial charge >= 0.3 is 0 Å². The first-order valence-corrected chi connectivity index (χ1v) is 8.77. The zero-order valence-corrected chi connectivity index (χ0v) is 14.7. The Hall–Kier alpha value is -1.76. The van der Waals surface area contributed by atoms with Gasteiger partial charge in [-0.25, -0.2) is 8.42 Å². The number of amides is 1. The van der Waals surface area contributed by atoms with E-state index in [0.29, 0.717) is 11.4 Å². The summed E-state index contributed by atoms with van der Waals surface area (Å²) < 4.78 is 29.7. The van der Waals surface area contributed by atoms with Crippen molar-refractivity contribution in [3.8, 4) is 5.75 Å². The van der Waals surface area contributed by atoms with Gasteiger partial charge in [-0.05, 0) is 52.0 Å². The first-order chi connectivity index (χ1) is 9.90. The van der Waals surface area contributed by atoms with E-state index in [-0.39, 0.29) is 11.4 Å². The zero-order chi connectivity index (χ0) is 17.1. The molecule has 7 heteroatoms. The van der Waals surface area contributed by atoms with Gasteiger partial charge in [0.05, 0.1) is 11.9 Å². The van der Waals surface area contributed by atoms with Gasteiger partial charge in [-0.1, -0.05) is 0 Å². The summed E-state index contributed by atoms with van der Waals surface area (Å²) in [6.45, 7) is 7.35. The lowest BCUT2D eigenvalue weighted by atomic mass is 10.1. The van der Waals surface area contributed by atoms with Gasteiger partial charge in [0.25, 0.3) is 5.91 Å². The Bertz CT molecular complexity index is 618. The summed E-state index contributed by atoms with van der Waals surface area (Å²) in [6.07, 6.45) is 0.494. The molecule has 0 saturated carbocycles. The summed E-state index contributed by atoms with van der Waals surface area (Å²) in [5, 5.41) is 2.84. The lowest BCUT2D eigenvalue weighted by Crippen LogP contribution is -2.46. The first-order valence-electron chi connectivity index (χ1n) is 6.93. The molecular weight excluding hydrogens is 304 g/mol. The summed E-state index contributed by atoms with van der Waals surface area (Å²) in [5.41, 5.74) is 0.207. The molecule has 1 amide bonds. The first kappa shape index (κ1) is 18.3. The van der Waals surface area contributed by atoms with E-state index >= 15 is 0 Å². The van der Waals surface area contributed by atoms with Crippen molar-refractivity contribution < 1.29 is 17.9 Å². The third kappa shape index (κ3) is 5.55. The quantitative estimate of drug-likeness (QED) is 0.894. The lowest BCUT2D eigenvalue weighted by molar-refractivity contribution is -0.128. The van der Waals surface area contributed by atoms with Gasteiger partial charge in [-0.15, -0.1) is 0 Å². The molecule has 0 aliphatic rings. The summed E-state index contributed by atoms with van der Waals surface area (Å²) in [4.78, 5) is 11.9. The number of rotatable bonds is 5. The maximum Gasteiger partial charge on any atom is 0.261 e. The average molecular weight is 328 g/mol. The number of hydrogen-bond donors (Lipinski definition) is 1. The van der Waals surface area contributed by atoms with Crippen LogP contribution in [0.15, 0.2) is 24.3 Å². The number of carbonyl (C=O) groups excluding carboxylic acids is 1. The predicted octanol–water partition coefficient (Wildman–Crippen LogP) is 1.76. The fourth-order valence-electron chi connectivity index (χ4n) is 1.65. The molecule has 22 heavy (non-hydrogen) atoms. The standard InChI is InChI=1S/C15H24N2O4S/c1-11(14(18)16-15(2,3)4)21-13-9-7-12(8-10-13)17(5)22(6,19)20/h7-11H,1-6H3,(H,16,18)/t11-/m0/s1. The number of nitrogens with zero attached hydrogens (tertiary/aromatic N) is 1. The van der Waals surface area contributed by atoms with Crippen molar-refractivity contribution in [2.24, 2.45) is 0 Å². The Balaban J connectivity index is 2.74. The normalized spacial score (nSPS) is 13.4. The Morgan fingerprint density at radius 1 is 1.23 bits per heavy atom. The van der Waals surface area contributed by atoms with Crippen LogP contribution in [-0.2, 0) is 14.8 Å². The van der Waals surface area contributed by atoms with Crippen molar-refractivity contribution in [1.29, 1.82) is 0 Å². The minimum Gasteiger partial charge on any atom is -0.481 e. The largest absolute Gasteiger partial charge is 0.481 e. The van der Waals surface area contributed by atoms with Crippen LogP contribution in [0.1, 0.15) is 27.7 Å². The molecule has 0 spiro atoms. The third-order valence-corrected chi connectivity index (χ3v) is 4.08. The molecule has 0 aliphatic carbocycles.